The molecule has 1 aromatic carbocycles. The highest BCUT2D eigenvalue weighted by Gasteiger charge is 2.18. The minimum absolute atomic E-state index is 0.0415. The molecule has 0 aliphatic rings. The first-order chi connectivity index (χ1) is 11.8. The predicted octanol–water partition coefficient (Wildman–Crippen LogP) is 2.76. The van der Waals surface area contributed by atoms with Gasteiger partial charge in [0.1, 0.15) is 0 Å². The number of rotatable bonds is 8. The highest BCUT2D eigenvalue weighted by Crippen LogP contribution is 2.23. The number of ether oxygens (including phenoxy) is 1. The monoisotopic (exact) mass is 345 g/mol. The Morgan fingerprint density at radius 3 is 2.48 bits per heavy atom. The molecule has 7 heteroatoms. The fourth-order valence-electron chi connectivity index (χ4n) is 2.82. The van der Waals surface area contributed by atoms with E-state index in [1.54, 1.807) is 19.2 Å². The summed E-state index contributed by atoms with van der Waals surface area (Å²) in [5.74, 6) is 0.0415. The van der Waals surface area contributed by atoms with Crippen molar-refractivity contribution in [1.29, 1.82) is 0 Å². The fraction of sp³-hybridized carbons (Fsp3) is 0.389. The van der Waals surface area contributed by atoms with Crippen molar-refractivity contribution in [2.24, 2.45) is 0 Å². The van der Waals surface area contributed by atoms with Crippen molar-refractivity contribution >= 4 is 11.5 Å². The number of non-ortho nitro benzene ring substituents is 1. The van der Waals surface area contributed by atoms with Crippen LogP contribution in [-0.4, -0.2) is 54.0 Å². The van der Waals surface area contributed by atoms with Gasteiger partial charge < -0.3 is 9.30 Å². The van der Waals surface area contributed by atoms with Gasteiger partial charge in [-0.3, -0.25) is 19.8 Å². The van der Waals surface area contributed by atoms with Gasteiger partial charge in [-0.15, -0.1) is 0 Å². The molecule has 0 aliphatic carbocycles. The second-order valence-electron chi connectivity index (χ2n) is 6.05. The Hall–Kier alpha value is -2.51. The Labute approximate surface area is 147 Å². The van der Waals surface area contributed by atoms with E-state index in [2.05, 4.69) is 0 Å². The fourth-order valence-corrected chi connectivity index (χ4v) is 2.82. The average Bonchev–Trinajstić information content (AvgIpc) is 2.87. The quantitative estimate of drug-likeness (QED) is 0.418. The normalized spacial score (nSPS) is 11.1. The van der Waals surface area contributed by atoms with Crippen molar-refractivity contribution < 1.29 is 14.5 Å². The average molecular weight is 345 g/mol. The van der Waals surface area contributed by atoms with Gasteiger partial charge in [0.15, 0.2) is 5.78 Å². The van der Waals surface area contributed by atoms with Crippen LogP contribution >= 0.6 is 0 Å². The summed E-state index contributed by atoms with van der Waals surface area (Å²) in [7, 11) is 3.51. The smallest absolute Gasteiger partial charge is 0.269 e. The van der Waals surface area contributed by atoms with Gasteiger partial charge >= 0.3 is 0 Å². The number of Topliss-reactive ketones (excluding diaryl/α,β-unsaturated/α-hetero) is 1. The Bertz CT molecular complexity index is 765. The predicted molar refractivity (Wildman–Crippen MR) is 95.6 cm³/mol. The van der Waals surface area contributed by atoms with Crippen LogP contribution in [0.15, 0.2) is 30.3 Å². The van der Waals surface area contributed by atoms with E-state index in [0.29, 0.717) is 25.3 Å². The molecule has 0 spiro atoms. The topological polar surface area (TPSA) is 77.6 Å². The minimum Gasteiger partial charge on any atom is -0.383 e. The van der Waals surface area contributed by atoms with E-state index < -0.39 is 4.92 Å². The van der Waals surface area contributed by atoms with Crippen molar-refractivity contribution in [2.45, 2.75) is 13.8 Å². The van der Waals surface area contributed by atoms with Crippen LogP contribution in [0.2, 0.25) is 0 Å². The number of aromatic nitrogens is 1. The van der Waals surface area contributed by atoms with Gasteiger partial charge in [-0.2, -0.15) is 0 Å². The molecule has 0 atom stereocenters. The molecule has 1 aromatic heterocycles. The molecule has 0 amide bonds. The molecular weight excluding hydrogens is 322 g/mol. The number of hydrogen-bond donors (Lipinski definition) is 0. The summed E-state index contributed by atoms with van der Waals surface area (Å²) in [6.07, 6.45) is 0. The molecule has 0 N–H and O–H groups in total. The van der Waals surface area contributed by atoms with Crippen molar-refractivity contribution in [3.63, 3.8) is 0 Å². The van der Waals surface area contributed by atoms with Gasteiger partial charge in [0.2, 0.25) is 0 Å². The Kier molecular flexibility index (Phi) is 6.06. The summed E-state index contributed by atoms with van der Waals surface area (Å²) in [5.41, 5.74) is 3.25. The number of hydrogen-bond acceptors (Lipinski definition) is 5. The third-order valence-electron chi connectivity index (χ3n) is 4.14. The van der Waals surface area contributed by atoms with E-state index >= 15 is 0 Å². The molecule has 1 heterocycles. The summed E-state index contributed by atoms with van der Waals surface area (Å²) in [4.78, 5) is 24.9. The van der Waals surface area contributed by atoms with Crippen LogP contribution in [0.1, 0.15) is 21.7 Å². The van der Waals surface area contributed by atoms with Crippen molar-refractivity contribution in [3.8, 4) is 5.69 Å². The van der Waals surface area contributed by atoms with E-state index in [1.807, 2.05) is 36.4 Å². The van der Waals surface area contributed by atoms with Crippen LogP contribution in [0, 0.1) is 24.0 Å². The molecule has 0 unspecified atom stereocenters. The number of nitrogens with zero attached hydrogens (tertiary/aromatic N) is 3. The lowest BCUT2D eigenvalue weighted by molar-refractivity contribution is -0.384. The molecule has 0 bridgehead atoms. The summed E-state index contributed by atoms with van der Waals surface area (Å²) in [6, 6.07) is 8.18. The number of likely N-dealkylation sites (N-methyl/N-ethyl adjacent to an activating group) is 1. The maximum Gasteiger partial charge on any atom is 0.269 e. The molecular formula is C18H23N3O4. The molecule has 134 valence electrons. The first kappa shape index (κ1) is 18.8. The molecule has 0 fully saturated rings. The van der Waals surface area contributed by atoms with Crippen molar-refractivity contribution in [2.75, 3.05) is 33.9 Å². The van der Waals surface area contributed by atoms with E-state index in [4.69, 9.17) is 4.74 Å². The van der Waals surface area contributed by atoms with Gasteiger partial charge in [0.25, 0.3) is 5.69 Å². The summed E-state index contributed by atoms with van der Waals surface area (Å²) in [5, 5.41) is 10.8. The number of ketones is 1. The summed E-state index contributed by atoms with van der Waals surface area (Å²) in [6.45, 7) is 5.37. The second kappa shape index (κ2) is 8.04. The number of methoxy groups -OCH3 is 1. The zero-order valence-corrected chi connectivity index (χ0v) is 15.0. The molecule has 0 saturated carbocycles. The Morgan fingerprint density at radius 2 is 1.92 bits per heavy atom. The lowest BCUT2D eigenvalue weighted by Crippen LogP contribution is -2.29. The van der Waals surface area contributed by atoms with Crippen LogP contribution in [0.4, 0.5) is 5.69 Å². The van der Waals surface area contributed by atoms with Gasteiger partial charge in [-0.05, 0) is 39.1 Å². The lowest BCUT2D eigenvalue weighted by atomic mass is 10.1. The number of benzene rings is 1. The summed E-state index contributed by atoms with van der Waals surface area (Å²) >= 11 is 0. The van der Waals surface area contributed by atoms with Gasteiger partial charge in [-0.25, -0.2) is 0 Å². The van der Waals surface area contributed by atoms with Gasteiger partial charge in [0.05, 0.1) is 18.1 Å². The Morgan fingerprint density at radius 1 is 1.28 bits per heavy atom. The van der Waals surface area contributed by atoms with E-state index in [1.165, 1.54) is 12.1 Å². The van der Waals surface area contributed by atoms with Crippen LogP contribution in [0.3, 0.4) is 0 Å². The molecule has 2 aromatic rings. The highest BCUT2D eigenvalue weighted by molar-refractivity contribution is 5.99. The first-order valence-electron chi connectivity index (χ1n) is 7.99. The zero-order valence-electron chi connectivity index (χ0n) is 15.0. The Balaban J connectivity index is 2.25. The van der Waals surface area contributed by atoms with E-state index in [0.717, 1.165) is 17.1 Å². The van der Waals surface area contributed by atoms with Crippen LogP contribution in [0.5, 0.6) is 0 Å². The minimum atomic E-state index is -0.427. The zero-order chi connectivity index (χ0) is 18.6. The number of aryl methyl sites for hydroxylation is 1. The molecule has 25 heavy (non-hydrogen) atoms. The second-order valence-corrected chi connectivity index (χ2v) is 6.05. The molecule has 2 rings (SSSR count). The SMILES string of the molecule is COCCN(C)CC(=O)c1cc(C)n(-c2ccc([N+](=O)[O-])cc2)c1C. The molecule has 0 aliphatic heterocycles. The van der Waals surface area contributed by atoms with Gasteiger partial charge in [-0.1, -0.05) is 0 Å². The molecule has 0 radical (unpaired) electrons. The van der Waals surface area contributed by atoms with Gasteiger partial charge in [0, 0.05) is 48.4 Å². The maximum atomic E-state index is 12.6. The lowest BCUT2D eigenvalue weighted by Gasteiger charge is -2.15. The van der Waals surface area contributed by atoms with E-state index in [9.17, 15) is 14.9 Å². The number of carbonyl (C=O) groups excluding carboxylic acids is 1. The van der Waals surface area contributed by atoms with E-state index in [-0.39, 0.29) is 11.5 Å². The molecule has 7 nitrogen and oxygen atoms in total. The molecule has 0 saturated heterocycles. The number of nitro benzene ring substituents is 1. The summed E-state index contributed by atoms with van der Waals surface area (Å²) < 4.78 is 6.96. The first-order valence-corrected chi connectivity index (χ1v) is 7.99. The van der Waals surface area contributed by atoms with Crippen LogP contribution in [-0.2, 0) is 4.74 Å². The number of carbonyl (C=O) groups is 1. The third-order valence-corrected chi connectivity index (χ3v) is 4.14. The largest absolute Gasteiger partial charge is 0.383 e. The van der Waals surface area contributed by atoms with Crippen molar-refractivity contribution in [3.05, 3.63) is 57.4 Å². The third kappa shape index (κ3) is 4.32. The highest BCUT2D eigenvalue weighted by atomic mass is 16.6. The van der Waals surface area contributed by atoms with Crippen LogP contribution < -0.4 is 0 Å². The number of nitro groups is 1. The van der Waals surface area contributed by atoms with Crippen LogP contribution in [0.25, 0.3) is 5.69 Å². The maximum absolute atomic E-state index is 12.6. The standard InChI is InChI=1S/C18H23N3O4/c1-13-11-17(18(22)12-19(3)9-10-25-4)14(2)20(13)15-5-7-16(8-6-15)21(23)24/h5-8,11H,9-10,12H2,1-4H3. The van der Waals surface area contributed by atoms with Crippen molar-refractivity contribution in [1.82, 2.24) is 9.47 Å².